The third kappa shape index (κ3) is 3.78. The van der Waals surface area contributed by atoms with E-state index in [-0.39, 0.29) is 6.10 Å². The molecule has 3 aromatic rings. The number of carbonyl (C=O) groups excluding carboxylic acids is 1. The lowest BCUT2D eigenvalue weighted by atomic mass is 10.1. The molecule has 0 atom stereocenters. The van der Waals surface area contributed by atoms with Crippen LogP contribution in [0.1, 0.15) is 12.8 Å². The Kier molecular flexibility index (Phi) is 4.77. The Bertz CT molecular complexity index is 972. The number of carbonyl (C=O) groups is 1. The van der Waals surface area contributed by atoms with Gasteiger partial charge < -0.3 is 15.4 Å². The molecule has 0 saturated carbocycles. The number of halogens is 1. The number of rotatable bonds is 3. The summed E-state index contributed by atoms with van der Waals surface area (Å²) in [7, 11) is 0. The molecule has 0 spiro atoms. The summed E-state index contributed by atoms with van der Waals surface area (Å²) in [6, 6.07) is 9.55. The molecule has 27 heavy (non-hydrogen) atoms. The van der Waals surface area contributed by atoms with Crippen LogP contribution in [0.2, 0.25) is 5.15 Å². The molecule has 0 aromatic carbocycles. The Morgan fingerprint density at radius 2 is 2.04 bits per heavy atom. The molecule has 0 unspecified atom stereocenters. The largest absolute Gasteiger partial charge is 0.446 e. The molecule has 0 aliphatic carbocycles. The number of amides is 1. The van der Waals surface area contributed by atoms with Gasteiger partial charge in [-0.25, -0.2) is 14.8 Å². The topological polar surface area (TPSA) is 94.2 Å². The molecule has 1 saturated heterocycles. The highest BCUT2D eigenvalue weighted by Gasteiger charge is 2.22. The van der Waals surface area contributed by atoms with Crippen LogP contribution in [0.15, 0.2) is 42.7 Å². The van der Waals surface area contributed by atoms with Gasteiger partial charge in [0, 0.05) is 55.3 Å². The van der Waals surface area contributed by atoms with E-state index in [0.717, 1.165) is 53.9 Å². The fourth-order valence-electron chi connectivity index (χ4n) is 3.35. The number of aromatic nitrogens is 3. The standard InChI is InChI=1S/C19H18ClN5O2/c20-16-10-15-14(2-1-7-22-15)18(24-16)12-3-4-17(23-11-12)25-8-5-13(6-9-25)27-19(21)26/h1-4,7,10-11,13H,5-6,8-9H2,(H2,21,26). The third-order valence-electron chi connectivity index (χ3n) is 4.64. The quantitative estimate of drug-likeness (QED) is 0.696. The van der Waals surface area contributed by atoms with Gasteiger partial charge in [-0.1, -0.05) is 11.6 Å². The van der Waals surface area contributed by atoms with Crippen LogP contribution in [0.5, 0.6) is 0 Å². The zero-order chi connectivity index (χ0) is 18.8. The van der Waals surface area contributed by atoms with E-state index in [1.54, 1.807) is 18.5 Å². The minimum Gasteiger partial charge on any atom is -0.446 e. The first-order valence-electron chi connectivity index (χ1n) is 8.69. The van der Waals surface area contributed by atoms with Crippen molar-refractivity contribution in [3.05, 3.63) is 47.9 Å². The fourth-order valence-corrected chi connectivity index (χ4v) is 3.53. The van der Waals surface area contributed by atoms with Gasteiger partial charge in [0.2, 0.25) is 0 Å². The molecule has 7 nitrogen and oxygen atoms in total. The van der Waals surface area contributed by atoms with E-state index in [2.05, 4.69) is 19.9 Å². The molecule has 0 bridgehead atoms. The van der Waals surface area contributed by atoms with Gasteiger partial charge in [-0.05, 0) is 24.3 Å². The second-order valence-corrected chi connectivity index (χ2v) is 6.78. The third-order valence-corrected chi connectivity index (χ3v) is 4.83. The van der Waals surface area contributed by atoms with Crippen LogP contribution in [0.3, 0.4) is 0 Å². The molecule has 2 N–H and O–H groups in total. The average molecular weight is 384 g/mol. The summed E-state index contributed by atoms with van der Waals surface area (Å²) >= 11 is 6.15. The highest BCUT2D eigenvalue weighted by atomic mass is 35.5. The maximum Gasteiger partial charge on any atom is 0.404 e. The number of piperidine rings is 1. The van der Waals surface area contributed by atoms with Crippen molar-refractivity contribution >= 4 is 34.4 Å². The van der Waals surface area contributed by atoms with E-state index in [9.17, 15) is 4.79 Å². The van der Waals surface area contributed by atoms with E-state index in [1.165, 1.54) is 0 Å². The number of primary amides is 1. The van der Waals surface area contributed by atoms with Gasteiger partial charge in [0.05, 0.1) is 11.2 Å². The highest BCUT2D eigenvalue weighted by Crippen LogP contribution is 2.29. The summed E-state index contributed by atoms with van der Waals surface area (Å²) in [5.41, 5.74) is 7.53. The molecular weight excluding hydrogens is 366 g/mol. The number of pyridine rings is 3. The first-order chi connectivity index (χ1) is 13.1. The average Bonchev–Trinajstić information content (AvgIpc) is 2.68. The van der Waals surface area contributed by atoms with Crippen molar-refractivity contribution < 1.29 is 9.53 Å². The number of hydrogen-bond acceptors (Lipinski definition) is 6. The van der Waals surface area contributed by atoms with Gasteiger partial charge in [0.25, 0.3) is 0 Å². The lowest BCUT2D eigenvalue weighted by Gasteiger charge is -2.32. The monoisotopic (exact) mass is 383 g/mol. The summed E-state index contributed by atoms with van der Waals surface area (Å²) < 4.78 is 5.07. The SMILES string of the molecule is NC(=O)OC1CCN(c2ccc(-c3nc(Cl)cc4ncccc34)cn2)CC1. The normalized spacial score (nSPS) is 15.1. The predicted molar refractivity (Wildman–Crippen MR) is 104 cm³/mol. The molecule has 1 amide bonds. The van der Waals surface area contributed by atoms with Gasteiger partial charge in [-0.15, -0.1) is 0 Å². The van der Waals surface area contributed by atoms with Gasteiger partial charge in [-0.2, -0.15) is 0 Å². The summed E-state index contributed by atoms with van der Waals surface area (Å²) in [6.07, 6.45) is 4.16. The molecule has 4 heterocycles. The van der Waals surface area contributed by atoms with Crippen LogP contribution in [0.4, 0.5) is 10.6 Å². The first kappa shape index (κ1) is 17.5. The van der Waals surface area contributed by atoms with Crippen molar-refractivity contribution in [1.29, 1.82) is 0 Å². The van der Waals surface area contributed by atoms with Crippen LogP contribution in [0, 0.1) is 0 Å². The zero-order valence-corrected chi connectivity index (χ0v) is 15.3. The minimum absolute atomic E-state index is 0.118. The van der Waals surface area contributed by atoms with Gasteiger partial charge >= 0.3 is 6.09 Å². The lowest BCUT2D eigenvalue weighted by molar-refractivity contribution is 0.0911. The number of nitrogens with zero attached hydrogens (tertiary/aromatic N) is 4. The zero-order valence-electron chi connectivity index (χ0n) is 14.5. The van der Waals surface area contributed by atoms with Crippen molar-refractivity contribution in [2.24, 2.45) is 5.73 Å². The van der Waals surface area contributed by atoms with Crippen LogP contribution >= 0.6 is 11.6 Å². The summed E-state index contributed by atoms with van der Waals surface area (Å²) in [4.78, 5) is 26.4. The molecule has 8 heteroatoms. The second kappa shape index (κ2) is 7.36. The lowest BCUT2D eigenvalue weighted by Crippen LogP contribution is -2.39. The molecule has 4 rings (SSSR count). The molecule has 1 aliphatic rings. The Morgan fingerprint density at radius 1 is 1.22 bits per heavy atom. The van der Waals surface area contributed by atoms with Crippen molar-refractivity contribution in [3.8, 4) is 11.3 Å². The van der Waals surface area contributed by atoms with Crippen LogP contribution in [-0.2, 0) is 4.74 Å². The van der Waals surface area contributed by atoms with Crippen molar-refractivity contribution in [2.45, 2.75) is 18.9 Å². The van der Waals surface area contributed by atoms with Gasteiger partial charge in [0.1, 0.15) is 17.1 Å². The Hall–Kier alpha value is -2.93. The Morgan fingerprint density at radius 3 is 2.74 bits per heavy atom. The second-order valence-electron chi connectivity index (χ2n) is 6.39. The van der Waals surface area contributed by atoms with Crippen molar-refractivity contribution in [3.63, 3.8) is 0 Å². The molecule has 0 radical (unpaired) electrons. The molecule has 138 valence electrons. The van der Waals surface area contributed by atoms with Crippen LogP contribution in [0.25, 0.3) is 22.2 Å². The predicted octanol–water partition coefficient (Wildman–Crippen LogP) is 3.41. The van der Waals surface area contributed by atoms with E-state index < -0.39 is 6.09 Å². The van der Waals surface area contributed by atoms with E-state index >= 15 is 0 Å². The number of fused-ring (bicyclic) bond motifs is 1. The summed E-state index contributed by atoms with van der Waals surface area (Å²) in [6.45, 7) is 1.51. The van der Waals surface area contributed by atoms with Crippen molar-refractivity contribution in [2.75, 3.05) is 18.0 Å². The fraction of sp³-hybridized carbons (Fsp3) is 0.263. The molecule has 3 aromatic heterocycles. The van der Waals surface area contributed by atoms with Crippen molar-refractivity contribution in [1.82, 2.24) is 15.0 Å². The number of anilines is 1. The molecule has 1 fully saturated rings. The van der Waals surface area contributed by atoms with E-state index in [0.29, 0.717) is 5.15 Å². The van der Waals surface area contributed by atoms with Gasteiger partial charge in [-0.3, -0.25) is 4.98 Å². The number of ether oxygens (including phenoxy) is 1. The smallest absolute Gasteiger partial charge is 0.404 e. The van der Waals surface area contributed by atoms with Crippen LogP contribution in [-0.4, -0.2) is 40.2 Å². The summed E-state index contributed by atoms with van der Waals surface area (Å²) in [5.74, 6) is 0.876. The number of nitrogens with two attached hydrogens (primary N) is 1. The minimum atomic E-state index is -0.716. The van der Waals surface area contributed by atoms with E-state index in [1.807, 2.05) is 24.3 Å². The molecule has 1 aliphatic heterocycles. The van der Waals surface area contributed by atoms with E-state index in [4.69, 9.17) is 22.1 Å². The first-order valence-corrected chi connectivity index (χ1v) is 9.07. The summed E-state index contributed by atoms with van der Waals surface area (Å²) in [5, 5.41) is 1.33. The maximum absolute atomic E-state index is 10.9. The maximum atomic E-state index is 10.9. The highest BCUT2D eigenvalue weighted by molar-refractivity contribution is 6.30. The number of hydrogen-bond donors (Lipinski definition) is 1. The van der Waals surface area contributed by atoms with Crippen LogP contribution < -0.4 is 10.6 Å². The van der Waals surface area contributed by atoms with Gasteiger partial charge in [0.15, 0.2) is 0 Å². The molecular formula is C19H18ClN5O2. The Labute approximate surface area is 161 Å². The Balaban J connectivity index is 1.55.